The molecule has 1 aromatic carbocycles. The van der Waals surface area contributed by atoms with Gasteiger partial charge in [-0.3, -0.25) is 10.1 Å². The second-order valence-electron chi connectivity index (χ2n) is 6.67. The molecule has 4 aromatic rings. The first-order chi connectivity index (χ1) is 12.4. The lowest BCUT2D eigenvalue weighted by Gasteiger charge is -2.06. The van der Waals surface area contributed by atoms with Crippen LogP contribution >= 0.6 is 11.3 Å². The van der Waals surface area contributed by atoms with E-state index in [0.717, 1.165) is 32.4 Å². The predicted octanol–water partition coefficient (Wildman–Crippen LogP) is 4.49. The molecule has 3 heterocycles. The number of anilines is 1. The molecule has 0 aliphatic rings. The standard InChI is InChI=1S/C19H19N5OS/c1-10(2)24-17-13(9-21-24)7-14(8-20-17)18(25)23-19-22-15-11(3)5-6-12(4)16(15)26-19/h5-10H,1-4H3,(H,22,23,25). The minimum atomic E-state index is -0.217. The number of nitrogens with one attached hydrogen (secondary N) is 1. The van der Waals surface area contributed by atoms with Gasteiger partial charge in [0.2, 0.25) is 0 Å². The van der Waals surface area contributed by atoms with Crippen LogP contribution in [0.3, 0.4) is 0 Å². The lowest BCUT2D eigenvalue weighted by atomic mass is 10.1. The van der Waals surface area contributed by atoms with Crippen molar-refractivity contribution in [3.8, 4) is 0 Å². The number of carbonyl (C=O) groups is 1. The number of rotatable bonds is 3. The zero-order chi connectivity index (χ0) is 18.4. The molecule has 0 aliphatic heterocycles. The van der Waals surface area contributed by atoms with Crippen LogP contribution in [0.15, 0.2) is 30.6 Å². The minimum Gasteiger partial charge on any atom is -0.298 e. The Kier molecular flexibility index (Phi) is 3.96. The summed E-state index contributed by atoms with van der Waals surface area (Å²) < 4.78 is 2.95. The highest BCUT2D eigenvalue weighted by atomic mass is 32.1. The Morgan fingerprint density at radius 3 is 2.69 bits per heavy atom. The number of thiazole rings is 1. The molecule has 1 amide bonds. The molecule has 0 radical (unpaired) electrons. The fourth-order valence-corrected chi connectivity index (χ4v) is 3.93. The molecule has 0 aliphatic carbocycles. The number of amides is 1. The van der Waals surface area contributed by atoms with Crippen LogP contribution in [0.4, 0.5) is 5.13 Å². The molecule has 0 saturated heterocycles. The number of hydrogen-bond donors (Lipinski definition) is 1. The van der Waals surface area contributed by atoms with Gasteiger partial charge in [-0.15, -0.1) is 0 Å². The first-order valence-electron chi connectivity index (χ1n) is 8.45. The SMILES string of the molecule is Cc1ccc(C)c2sc(NC(=O)c3cnc4c(cnn4C(C)C)c3)nc12. The van der Waals surface area contributed by atoms with Gasteiger partial charge in [0.15, 0.2) is 10.8 Å². The topological polar surface area (TPSA) is 72.7 Å². The van der Waals surface area contributed by atoms with Crippen molar-refractivity contribution in [2.45, 2.75) is 33.7 Å². The van der Waals surface area contributed by atoms with Gasteiger partial charge >= 0.3 is 0 Å². The summed E-state index contributed by atoms with van der Waals surface area (Å²) >= 11 is 1.49. The molecular weight excluding hydrogens is 346 g/mol. The first-order valence-corrected chi connectivity index (χ1v) is 9.27. The van der Waals surface area contributed by atoms with E-state index < -0.39 is 0 Å². The zero-order valence-corrected chi connectivity index (χ0v) is 15.9. The highest BCUT2D eigenvalue weighted by Crippen LogP contribution is 2.31. The summed E-state index contributed by atoms with van der Waals surface area (Å²) in [5.41, 5.74) is 4.48. The van der Waals surface area contributed by atoms with Gasteiger partial charge in [-0.05, 0) is 44.9 Å². The predicted molar refractivity (Wildman–Crippen MR) is 105 cm³/mol. The van der Waals surface area contributed by atoms with Crippen molar-refractivity contribution >= 4 is 43.6 Å². The summed E-state index contributed by atoms with van der Waals surface area (Å²) in [4.78, 5) is 21.6. The smallest absolute Gasteiger partial charge is 0.259 e. The molecule has 7 heteroatoms. The zero-order valence-electron chi connectivity index (χ0n) is 15.1. The summed E-state index contributed by atoms with van der Waals surface area (Å²) in [6, 6.07) is 6.15. The molecule has 6 nitrogen and oxygen atoms in total. The quantitative estimate of drug-likeness (QED) is 0.580. The van der Waals surface area contributed by atoms with Gasteiger partial charge < -0.3 is 0 Å². The molecule has 0 atom stereocenters. The highest BCUT2D eigenvalue weighted by molar-refractivity contribution is 7.22. The van der Waals surface area contributed by atoms with Crippen LogP contribution in [0.5, 0.6) is 0 Å². The molecule has 4 rings (SSSR count). The van der Waals surface area contributed by atoms with Crippen LogP contribution in [0.25, 0.3) is 21.3 Å². The maximum absolute atomic E-state index is 12.6. The van der Waals surface area contributed by atoms with E-state index in [1.165, 1.54) is 11.3 Å². The fourth-order valence-electron chi connectivity index (χ4n) is 2.92. The van der Waals surface area contributed by atoms with Crippen molar-refractivity contribution in [3.63, 3.8) is 0 Å². The van der Waals surface area contributed by atoms with Crippen LogP contribution in [0.1, 0.15) is 41.4 Å². The van der Waals surface area contributed by atoms with Crippen molar-refractivity contribution in [2.24, 2.45) is 0 Å². The first kappa shape index (κ1) is 16.7. The molecule has 3 aromatic heterocycles. The van der Waals surface area contributed by atoms with Gasteiger partial charge in [0.25, 0.3) is 5.91 Å². The van der Waals surface area contributed by atoms with Gasteiger partial charge in [0.1, 0.15) is 0 Å². The monoisotopic (exact) mass is 365 g/mol. The lowest BCUT2D eigenvalue weighted by molar-refractivity contribution is 0.102. The van der Waals surface area contributed by atoms with Crippen LogP contribution in [0.2, 0.25) is 0 Å². The Labute approximate surface area is 154 Å². The largest absolute Gasteiger partial charge is 0.298 e. The van der Waals surface area contributed by atoms with Crippen molar-refractivity contribution in [3.05, 3.63) is 47.3 Å². The lowest BCUT2D eigenvalue weighted by Crippen LogP contribution is -2.12. The molecule has 0 saturated carbocycles. The maximum atomic E-state index is 12.6. The Morgan fingerprint density at radius 2 is 1.96 bits per heavy atom. The Morgan fingerprint density at radius 1 is 1.19 bits per heavy atom. The normalized spacial score (nSPS) is 11.6. The second-order valence-corrected chi connectivity index (χ2v) is 7.67. The summed E-state index contributed by atoms with van der Waals surface area (Å²) in [5, 5.41) is 8.68. The number of pyridine rings is 1. The summed E-state index contributed by atoms with van der Waals surface area (Å²) in [6.45, 7) is 8.17. The number of nitrogens with zero attached hydrogens (tertiary/aromatic N) is 4. The highest BCUT2D eigenvalue weighted by Gasteiger charge is 2.15. The Bertz CT molecular complexity index is 1100. The number of benzene rings is 1. The van der Waals surface area contributed by atoms with E-state index in [9.17, 15) is 4.79 Å². The third kappa shape index (κ3) is 2.74. The average molecular weight is 365 g/mol. The van der Waals surface area contributed by atoms with E-state index in [2.05, 4.69) is 33.4 Å². The Balaban J connectivity index is 1.65. The van der Waals surface area contributed by atoms with Gasteiger partial charge in [-0.25, -0.2) is 14.6 Å². The number of fused-ring (bicyclic) bond motifs is 2. The van der Waals surface area contributed by atoms with Crippen LogP contribution < -0.4 is 5.32 Å². The van der Waals surface area contributed by atoms with Gasteiger partial charge in [0.05, 0.1) is 22.0 Å². The summed E-state index contributed by atoms with van der Waals surface area (Å²) in [7, 11) is 0. The van der Waals surface area contributed by atoms with Crippen LogP contribution in [-0.4, -0.2) is 25.7 Å². The van der Waals surface area contributed by atoms with E-state index >= 15 is 0 Å². The molecule has 132 valence electrons. The second kappa shape index (κ2) is 6.17. The third-order valence-corrected chi connectivity index (χ3v) is 5.45. The number of aryl methyl sites for hydroxylation is 2. The van der Waals surface area contributed by atoms with E-state index in [0.29, 0.717) is 10.7 Å². The molecule has 0 bridgehead atoms. The third-order valence-electron chi connectivity index (χ3n) is 4.35. The molecule has 0 fully saturated rings. The maximum Gasteiger partial charge on any atom is 0.259 e. The molecule has 0 unspecified atom stereocenters. The van der Waals surface area contributed by atoms with Gasteiger partial charge in [-0.1, -0.05) is 23.5 Å². The molecular formula is C19H19N5OS. The van der Waals surface area contributed by atoms with Crippen molar-refractivity contribution in [1.82, 2.24) is 19.7 Å². The van der Waals surface area contributed by atoms with E-state index in [1.54, 1.807) is 12.4 Å². The number of aromatic nitrogens is 4. The molecule has 26 heavy (non-hydrogen) atoms. The minimum absolute atomic E-state index is 0.217. The summed E-state index contributed by atoms with van der Waals surface area (Å²) in [5.74, 6) is -0.217. The number of carbonyl (C=O) groups excluding carboxylic acids is 1. The van der Waals surface area contributed by atoms with Gasteiger partial charge in [-0.2, -0.15) is 5.10 Å². The van der Waals surface area contributed by atoms with E-state index in [-0.39, 0.29) is 11.9 Å². The summed E-state index contributed by atoms with van der Waals surface area (Å²) in [6.07, 6.45) is 3.32. The fraction of sp³-hybridized carbons (Fsp3) is 0.263. The average Bonchev–Trinajstić information content (AvgIpc) is 3.22. The van der Waals surface area contributed by atoms with Crippen molar-refractivity contribution < 1.29 is 4.79 Å². The van der Waals surface area contributed by atoms with E-state index in [4.69, 9.17) is 0 Å². The Hall–Kier alpha value is -2.80. The number of hydrogen-bond acceptors (Lipinski definition) is 5. The van der Waals surface area contributed by atoms with Crippen molar-refractivity contribution in [2.75, 3.05) is 5.32 Å². The van der Waals surface area contributed by atoms with Crippen LogP contribution in [0, 0.1) is 13.8 Å². The van der Waals surface area contributed by atoms with E-state index in [1.807, 2.05) is 37.6 Å². The van der Waals surface area contributed by atoms with Gasteiger partial charge in [0, 0.05) is 17.6 Å². The molecule has 1 N–H and O–H groups in total. The van der Waals surface area contributed by atoms with Crippen LogP contribution in [-0.2, 0) is 0 Å². The van der Waals surface area contributed by atoms with Crippen molar-refractivity contribution in [1.29, 1.82) is 0 Å². The molecule has 0 spiro atoms.